The number of carbonyl (C=O) groups is 2. The fourth-order valence-electron chi connectivity index (χ4n) is 3.16. The van der Waals surface area contributed by atoms with Gasteiger partial charge in [-0.05, 0) is 26.0 Å². The van der Waals surface area contributed by atoms with Gasteiger partial charge in [-0.1, -0.05) is 12.5 Å². The Balaban J connectivity index is 0.000000253. The highest BCUT2D eigenvalue weighted by atomic mass is 16.5. The standard InChI is InChI=1S/C15H15N3O.C7H11NO2/c1-5-11-8-17-7-6-12(11)14-15(16-4)13(10(3)19)9(2)18-14;1-2-7(9)8-3-5-10-6-4-8/h1,6-8,16,18H,2-4H3;2H,1,3-6H2. The molecule has 1 fully saturated rings. The lowest BCUT2D eigenvalue weighted by atomic mass is 10.0. The molecule has 0 unspecified atom stereocenters. The van der Waals surface area contributed by atoms with E-state index in [-0.39, 0.29) is 11.7 Å². The molecule has 7 nitrogen and oxygen atoms in total. The molecule has 2 aromatic rings. The van der Waals surface area contributed by atoms with Crippen LogP contribution in [0.15, 0.2) is 31.1 Å². The number of terminal acetylenes is 1. The highest BCUT2D eigenvalue weighted by Crippen LogP contribution is 2.34. The van der Waals surface area contributed by atoms with Crippen molar-refractivity contribution in [3.63, 3.8) is 0 Å². The normalized spacial score (nSPS) is 13.0. The quantitative estimate of drug-likeness (QED) is 0.473. The molecular weight excluding hydrogens is 368 g/mol. The van der Waals surface area contributed by atoms with E-state index in [2.05, 4.69) is 27.8 Å². The second-order valence-corrected chi connectivity index (χ2v) is 6.39. The summed E-state index contributed by atoms with van der Waals surface area (Å²) in [6.07, 6.45) is 10.1. The van der Waals surface area contributed by atoms with Crippen LogP contribution in [0.25, 0.3) is 11.3 Å². The molecule has 0 atom stereocenters. The Labute approximate surface area is 171 Å². The van der Waals surface area contributed by atoms with Crippen molar-refractivity contribution in [1.82, 2.24) is 14.9 Å². The number of rotatable bonds is 4. The Morgan fingerprint density at radius 1 is 1.41 bits per heavy atom. The Bertz CT molecular complexity index is 934. The first-order valence-corrected chi connectivity index (χ1v) is 9.25. The molecule has 0 aliphatic carbocycles. The molecule has 2 aromatic heterocycles. The van der Waals surface area contributed by atoms with E-state index in [4.69, 9.17) is 11.2 Å². The molecule has 1 saturated heterocycles. The molecule has 0 saturated carbocycles. The third kappa shape index (κ3) is 5.12. The Hall–Kier alpha value is -3.37. The van der Waals surface area contributed by atoms with Crippen molar-refractivity contribution in [3.05, 3.63) is 47.9 Å². The van der Waals surface area contributed by atoms with Crippen LogP contribution >= 0.6 is 0 Å². The van der Waals surface area contributed by atoms with Gasteiger partial charge in [0.15, 0.2) is 5.78 Å². The predicted molar refractivity (Wildman–Crippen MR) is 114 cm³/mol. The molecule has 1 aliphatic heterocycles. The van der Waals surface area contributed by atoms with Crippen LogP contribution in [0, 0.1) is 19.3 Å². The molecule has 29 heavy (non-hydrogen) atoms. The molecule has 0 aromatic carbocycles. The second kappa shape index (κ2) is 10.2. The average Bonchev–Trinajstić information content (AvgIpc) is 3.10. The number of morpholine rings is 1. The SMILES string of the molecule is C#Cc1cnccc1-c1[nH]c(C)c(C(C)=O)c1NC.C=CC(=O)N1CCOCC1. The third-order valence-electron chi connectivity index (χ3n) is 4.53. The summed E-state index contributed by atoms with van der Waals surface area (Å²) in [7, 11) is 1.79. The number of nitrogens with zero attached hydrogens (tertiary/aromatic N) is 2. The third-order valence-corrected chi connectivity index (χ3v) is 4.53. The van der Waals surface area contributed by atoms with Crippen molar-refractivity contribution in [2.24, 2.45) is 0 Å². The summed E-state index contributed by atoms with van der Waals surface area (Å²) in [5, 5.41) is 3.08. The number of ether oxygens (including phenoxy) is 1. The van der Waals surface area contributed by atoms with Crippen LogP contribution in [0.4, 0.5) is 5.69 Å². The summed E-state index contributed by atoms with van der Waals surface area (Å²) in [5.74, 6) is 2.63. The lowest BCUT2D eigenvalue weighted by Crippen LogP contribution is -2.39. The maximum atomic E-state index is 11.7. The molecule has 2 N–H and O–H groups in total. The summed E-state index contributed by atoms with van der Waals surface area (Å²) in [4.78, 5) is 31.6. The van der Waals surface area contributed by atoms with Crippen LogP contribution in [0.1, 0.15) is 28.5 Å². The molecule has 0 radical (unpaired) electrons. The first kappa shape index (κ1) is 21.9. The van der Waals surface area contributed by atoms with Gasteiger partial charge in [0.25, 0.3) is 0 Å². The van der Waals surface area contributed by atoms with Gasteiger partial charge in [-0.3, -0.25) is 14.6 Å². The minimum absolute atomic E-state index is 0.00306. The molecule has 0 spiro atoms. The molecule has 1 amide bonds. The Morgan fingerprint density at radius 2 is 2.10 bits per heavy atom. The van der Waals surface area contributed by atoms with E-state index in [1.54, 1.807) is 31.3 Å². The predicted octanol–water partition coefficient (Wildman–Crippen LogP) is 2.64. The maximum absolute atomic E-state index is 11.7. The van der Waals surface area contributed by atoms with Crippen LogP contribution in [-0.2, 0) is 9.53 Å². The van der Waals surface area contributed by atoms with Crippen molar-refractivity contribution >= 4 is 17.4 Å². The van der Waals surface area contributed by atoms with E-state index < -0.39 is 0 Å². The van der Waals surface area contributed by atoms with E-state index in [0.29, 0.717) is 37.4 Å². The van der Waals surface area contributed by atoms with Crippen LogP contribution in [0.5, 0.6) is 0 Å². The van der Waals surface area contributed by atoms with Crippen LogP contribution in [0.3, 0.4) is 0 Å². The lowest BCUT2D eigenvalue weighted by Gasteiger charge is -2.25. The summed E-state index contributed by atoms with van der Waals surface area (Å²) in [6, 6.07) is 1.84. The molecule has 7 heteroatoms. The van der Waals surface area contributed by atoms with Gasteiger partial charge < -0.3 is 19.9 Å². The highest BCUT2D eigenvalue weighted by molar-refractivity contribution is 6.04. The Kier molecular flexibility index (Phi) is 7.75. The van der Waals surface area contributed by atoms with Gasteiger partial charge in [0.1, 0.15) is 0 Å². The number of nitrogens with one attached hydrogen (secondary N) is 2. The minimum Gasteiger partial charge on any atom is -0.386 e. The van der Waals surface area contributed by atoms with Gasteiger partial charge in [-0.15, -0.1) is 6.42 Å². The average molecular weight is 394 g/mol. The number of aromatic nitrogens is 2. The first-order valence-electron chi connectivity index (χ1n) is 9.25. The summed E-state index contributed by atoms with van der Waals surface area (Å²) in [5.41, 5.74) is 4.63. The number of amides is 1. The lowest BCUT2D eigenvalue weighted by molar-refractivity contribution is -0.129. The van der Waals surface area contributed by atoms with Crippen LogP contribution < -0.4 is 5.32 Å². The molecule has 152 valence electrons. The number of H-pyrrole nitrogens is 1. The number of Topliss-reactive ketones (excluding diaryl/α,β-unsaturated/α-hetero) is 1. The van der Waals surface area contributed by atoms with E-state index in [9.17, 15) is 9.59 Å². The topological polar surface area (TPSA) is 87.3 Å². The number of aromatic amines is 1. The zero-order valence-corrected chi connectivity index (χ0v) is 17.0. The molecule has 1 aliphatic rings. The monoisotopic (exact) mass is 394 g/mol. The van der Waals surface area contributed by atoms with Crippen molar-refractivity contribution in [2.75, 3.05) is 38.7 Å². The highest BCUT2D eigenvalue weighted by Gasteiger charge is 2.19. The number of hydrogen-bond donors (Lipinski definition) is 2. The zero-order valence-electron chi connectivity index (χ0n) is 17.0. The molecule has 0 bridgehead atoms. The van der Waals surface area contributed by atoms with Crippen molar-refractivity contribution in [1.29, 1.82) is 0 Å². The molecule has 3 rings (SSSR count). The van der Waals surface area contributed by atoms with Crippen LogP contribution in [0.2, 0.25) is 0 Å². The molecular formula is C22H26N4O3. The number of ketones is 1. The van der Waals surface area contributed by atoms with Crippen LogP contribution in [-0.4, -0.2) is 59.9 Å². The van der Waals surface area contributed by atoms with Gasteiger partial charge in [0, 0.05) is 43.8 Å². The summed E-state index contributed by atoms with van der Waals surface area (Å²) >= 11 is 0. The van der Waals surface area contributed by atoms with Gasteiger partial charge in [-0.25, -0.2) is 0 Å². The number of carbonyl (C=O) groups excluding carboxylic acids is 2. The smallest absolute Gasteiger partial charge is 0.246 e. The van der Waals surface area contributed by atoms with E-state index >= 15 is 0 Å². The maximum Gasteiger partial charge on any atom is 0.246 e. The van der Waals surface area contributed by atoms with Crippen molar-refractivity contribution in [3.8, 4) is 23.6 Å². The van der Waals surface area contributed by atoms with Gasteiger partial charge in [0.2, 0.25) is 5.91 Å². The van der Waals surface area contributed by atoms with E-state index in [0.717, 1.165) is 22.6 Å². The fraction of sp³-hybridized carbons (Fsp3) is 0.318. The number of pyridine rings is 1. The van der Waals surface area contributed by atoms with Gasteiger partial charge in [-0.2, -0.15) is 0 Å². The van der Waals surface area contributed by atoms with Gasteiger partial charge in [0.05, 0.1) is 35.7 Å². The largest absolute Gasteiger partial charge is 0.386 e. The van der Waals surface area contributed by atoms with E-state index in [1.807, 2.05) is 13.0 Å². The fourth-order valence-corrected chi connectivity index (χ4v) is 3.16. The molecule has 3 heterocycles. The number of aryl methyl sites for hydroxylation is 1. The zero-order chi connectivity index (χ0) is 21.4. The first-order chi connectivity index (χ1) is 13.9. The minimum atomic E-state index is 0.00306. The van der Waals surface area contributed by atoms with Gasteiger partial charge >= 0.3 is 0 Å². The van der Waals surface area contributed by atoms with E-state index in [1.165, 1.54) is 6.08 Å². The van der Waals surface area contributed by atoms with Crippen molar-refractivity contribution < 1.29 is 14.3 Å². The second-order valence-electron chi connectivity index (χ2n) is 6.39. The summed E-state index contributed by atoms with van der Waals surface area (Å²) < 4.78 is 5.07. The number of anilines is 1. The summed E-state index contributed by atoms with van der Waals surface area (Å²) in [6.45, 7) is 9.53. The van der Waals surface area contributed by atoms with Crippen molar-refractivity contribution in [2.45, 2.75) is 13.8 Å². The number of hydrogen-bond acceptors (Lipinski definition) is 5. The Morgan fingerprint density at radius 3 is 2.66 bits per heavy atom.